The molecule has 0 aromatic heterocycles. The third-order valence-corrected chi connectivity index (χ3v) is 6.08. The number of nitrogens with one attached hydrogen (secondary N) is 2. The molecule has 12 heteroatoms. The number of hydrogen-bond acceptors (Lipinski definition) is 9. The molecule has 1 heterocycles. The summed E-state index contributed by atoms with van der Waals surface area (Å²) in [7, 11) is 3.22. The molecule has 2 rings (SSSR count). The van der Waals surface area contributed by atoms with Gasteiger partial charge in [-0.25, -0.2) is 14.4 Å². The first-order valence-corrected chi connectivity index (χ1v) is 13.1. The van der Waals surface area contributed by atoms with E-state index in [0.717, 1.165) is 12.8 Å². The van der Waals surface area contributed by atoms with Crippen LogP contribution in [0.3, 0.4) is 0 Å². The van der Waals surface area contributed by atoms with E-state index in [9.17, 15) is 19.2 Å². The van der Waals surface area contributed by atoms with Crippen molar-refractivity contribution >= 4 is 24.1 Å². The molecule has 0 spiro atoms. The van der Waals surface area contributed by atoms with Gasteiger partial charge in [0.25, 0.3) is 0 Å². The van der Waals surface area contributed by atoms with Gasteiger partial charge < -0.3 is 34.5 Å². The lowest BCUT2D eigenvalue weighted by Crippen LogP contribution is -2.64. The van der Waals surface area contributed by atoms with Gasteiger partial charge in [-0.3, -0.25) is 9.69 Å². The van der Waals surface area contributed by atoms with Gasteiger partial charge in [0.15, 0.2) is 0 Å². The molecular formula is C26H44N4O8. The zero-order chi connectivity index (χ0) is 28.5. The normalized spacial score (nSPS) is 24.0. The first-order valence-electron chi connectivity index (χ1n) is 13.1. The highest BCUT2D eigenvalue weighted by molar-refractivity contribution is 5.89. The van der Waals surface area contributed by atoms with Gasteiger partial charge in [-0.2, -0.15) is 0 Å². The smallest absolute Gasteiger partial charge is 0.409 e. The SMILES string of the molecule is CCOC(=O)C1=C[C@@H](N2CCC[C@H](OCCOC(=O)N(C)C)C2)[C@@H](NC(C)=O)[C@@H](NC(=O)OC(C)(C)C)C1. The molecule has 2 N–H and O–H groups in total. The summed E-state index contributed by atoms with van der Waals surface area (Å²) in [5.41, 5.74) is -0.280. The fourth-order valence-electron chi connectivity index (χ4n) is 4.55. The first-order chi connectivity index (χ1) is 17.8. The van der Waals surface area contributed by atoms with Crippen LogP contribution in [0.1, 0.15) is 53.9 Å². The van der Waals surface area contributed by atoms with E-state index >= 15 is 0 Å². The van der Waals surface area contributed by atoms with Crippen LogP contribution < -0.4 is 10.6 Å². The Morgan fingerprint density at radius 1 is 1.11 bits per heavy atom. The summed E-state index contributed by atoms with van der Waals surface area (Å²) in [4.78, 5) is 52.7. The Morgan fingerprint density at radius 3 is 2.42 bits per heavy atom. The van der Waals surface area contributed by atoms with E-state index in [1.807, 2.05) is 6.08 Å². The number of amides is 3. The molecule has 1 aliphatic heterocycles. The van der Waals surface area contributed by atoms with Crippen molar-refractivity contribution in [1.29, 1.82) is 0 Å². The zero-order valence-electron chi connectivity index (χ0n) is 23.7. The van der Waals surface area contributed by atoms with Crippen molar-refractivity contribution in [1.82, 2.24) is 20.4 Å². The molecule has 4 atom stereocenters. The number of rotatable bonds is 9. The summed E-state index contributed by atoms with van der Waals surface area (Å²) in [5.74, 6) is -0.709. The topological polar surface area (TPSA) is 136 Å². The van der Waals surface area contributed by atoms with E-state index in [2.05, 4.69) is 15.5 Å². The third kappa shape index (κ3) is 10.1. The van der Waals surface area contributed by atoms with Gasteiger partial charge >= 0.3 is 18.2 Å². The van der Waals surface area contributed by atoms with Crippen LogP contribution in [0.4, 0.5) is 9.59 Å². The summed E-state index contributed by atoms with van der Waals surface area (Å²) < 4.78 is 21.8. The number of piperidine rings is 1. The molecule has 216 valence electrons. The number of nitrogens with zero attached hydrogens (tertiary/aromatic N) is 2. The van der Waals surface area contributed by atoms with Gasteiger partial charge in [-0.15, -0.1) is 0 Å². The van der Waals surface area contributed by atoms with Crippen LogP contribution in [0.25, 0.3) is 0 Å². The summed E-state index contributed by atoms with van der Waals surface area (Å²) in [6, 6.07) is -1.52. The Bertz CT molecular complexity index is 870. The Kier molecular flexibility index (Phi) is 11.8. The second-order valence-corrected chi connectivity index (χ2v) is 10.7. The lowest BCUT2D eigenvalue weighted by atomic mass is 9.84. The fourth-order valence-corrected chi connectivity index (χ4v) is 4.55. The average Bonchev–Trinajstić information content (AvgIpc) is 2.81. The number of carbonyl (C=O) groups is 4. The maximum absolute atomic E-state index is 12.7. The van der Waals surface area contributed by atoms with E-state index in [1.54, 1.807) is 41.8 Å². The van der Waals surface area contributed by atoms with Crippen LogP contribution >= 0.6 is 0 Å². The number of ether oxygens (including phenoxy) is 4. The standard InChI is InChI=1S/C26H44N4O8/c1-8-35-23(32)18-14-20(28-24(33)38-26(3,4)5)22(27-17(2)31)21(15-18)30-11-9-10-19(16-30)36-12-13-37-25(34)29(6)7/h15,19-22H,8-14,16H2,1-7H3,(H,27,31)(H,28,33)/t19-,20-,21+,22-/m0/s1. The molecule has 1 saturated heterocycles. The van der Waals surface area contributed by atoms with Crippen molar-refractivity contribution in [3.05, 3.63) is 11.6 Å². The predicted molar refractivity (Wildman–Crippen MR) is 139 cm³/mol. The minimum atomic E-state index is -0.709. The molecule has 0 aromatic carbocycles. The molecule has 0 radical (unpaired) electrons. The van der Waals surface area contributed by atoms with Crippen molar-refractivity contribution in [2.75, 3.05) is 47.0 Å². The second kappa shape index (κ2) is 14.3. The van der Waals surface area contributed by atoms with Crippen LogP contribution in [0, 0.1) is 0 Å². The Hall–Kier alpha value is -2.86. The quantitative estimate of drug-likeness (QED) is 0.255. The lowest BCUT2D eigenvalue weighted by Gasteiger charge is -2.45. The number of alkyl carbamates (subject to hydrolysis) is 1. The summed E-state index contributed by atoms with van der Waals surface area (Å²) in [5, 5.41) is 5.84. The fraction of sp³-hybridized carbons (Fsp3) is 0.769. The van der Waals surface area contributed by atoms with E-state index in [4.69, 9.17) is 18.9 Å². The highest BCUT2D eigenvalue weighted by Gasteiger charge is 2.41. The molecule has 0 saturated carbocycles. The Balaban J connectivity index is 2.22. The minimum absolute atomic E-state index is 0.126. The summed E-state index contributed by atoms with van der Waals surface area (Å²) in [6.45, 7) is 10.3. The van der Waals surface area contributed by atoms with E-state index < -0.39 is 41.9 Å². The first kappa shape index (κ1) is 31.4. The number of carbonyl (C=O) groups excluding carboxylic acids is 4. The monoisotopic (exact) mass is 540 g/mol. The highest BCUT2D eigenvalue weighted by Crippen LogP contribution is 2.28. The van der Waals surface area contributed by atoms with Crippen LogP contribution in [0.5, 0.6) is 0 Å². The largest absolute Gasteiger partial charge is 0.463 e. The number of hydrogen-bond donors (Lipinski definition) is 2. The van der Waals surface area contributed by atoms with Crippen molar-refractivity contribution in [2.45, 2.75) is 83.7 Å². The summed E-state index contributed by atoms with van der Waals surface area (Å²) >= 11 is 0. The molecule has 1 fully saturated rings. The number of esters is 1. The van der Waals surface area contributed by atoms with Crippen molar-refractivity contribution in [2.24, 2.45) is 0 Å². The van der Waals surface area contributed by atoms with Gasteiger partial charge in [0.1, 0.15) is 12.2 Å². The molecule has 3 amide bonds. The minimum Gasteiger partial charge on any atom is -0.463 e. The van der Waals surface area contributed by atoms with Crippen LogP contribution in [-0.2, 0) is 28.5 Å². The van der Waals surface area contributed by atoms with Crippen molar-refractivity contribution in [3.8, 4) is 0 Å². The van der Waals surface area contributed by atoms with Crippen LogP contribution in [0.2, 0.25) is 0 Å². The maximum Gasteiger partial charge on any atom is 0.409 e. The number of likely N-dealkylation sites (tertiary alicyclic amines) is 1. The lowest BCUT2D eigenvalue weighted by molar-refractivity contribution is -0.139. The van der Waals surface area contributed by atoms with Crippen molar-refractivity contribution in [3.63, 3.8) is 0 Å². The Morgan fingerprint density at radius 2 is 1.82 bits per heavy atom. The second-order valence-electron chi connectivity index (χ2n) is 10.7. The van der Waals surface area contributed by atoms with E-state index in [1.165, 1.54) is 11.8 Å². The highest BCUT2D eigenvalue weighted by atomic mass is 16.6. The molecule has 38 heavy (non-hydrogen) atoms. The molecule has 0 bridgehead atoms. The zero-order valence-corrected chi connectivity index (χ0v) is 23.7. The Labute approximate surface area is 225 Å². The van der Waals surface area contributed by atoms with Gasteiger partial charge in [0, 0.05) is 39.6 Å². The van der Waals surface area contributed by atoms with Gasteiger partial charge in [-0.05, 0) is 47.1 Å². The van der Waals surface area contributed by atoms with Crippen molar-refractivity contribution < 1.29 is 38.1 Å². The van der Waals surface area contributed by atoms with Crippen LogP contribution in [0.15, 0.2) is 11.6 Å². The van der Waals surface area contributed by atoms with Gasteiger partial charge in [0.2, 0.25) is 5.91 Å². The van der Waals surface area contributed by atoms with E-state index in [0.29, 0.717) is 18.7 Å². The van der Waals surface area contributed by atoms with Gasteiger partial charge in [-0.1, -0.05) is 6.08 Å². The average molecular weight is 541 g/mol. The molecular weight excluding hydrogens is 496 g/mol. The third-order valence-electron chi connectivity index (χ3n) is 6.08. The van der Waals surface area contributed by atoms with Crippen LogP contribution in [-0.4, -0.2) is 111 Å². The summed E-state index contributed by atoms with van der Waals surface area (Å²) in [6.07, 6.45) is 2.48. The van der Waals surface area contributed by atoms with Gasteiger partial charge in [0.05, 0.1) is 37.4 Å². The molecule has 1 aliphatic carbocycles. The van der Waals surface area contributed by atoms with E-state index in [-0.39, 0.29) is 38.3 Å². The molecule has 0 aromatic rings. The molecule has 12 nitrogen and oxygen atoms in total. The molecule has 2 aliphatic rings. The molecule has 0 unspecified atom stereocenters. The maximum atomic E-state index is 12.7. The predicted octanol–water partition coefficient (Wildman–Crippen LogP) is 1.83.